The lowest BCUT2D eigenvalue weighted by atomic mass is 10.0. The Hall–Kier alpha value is -3.04. The molecule has 33 heavy (non-hydrogen) atoms. The molecule has 0 amide bonds. The summed E-state index contributed by atoms with van der Waals surface area (Å²) >= 11 is 0. The summed E-state index contributed by atoms with van der Waals surface area (Å²) in [4.78, 5) is 25.4. The van der Waals surface area contributed by atoms with E-state index in [9.17, 15) is 27.0 Å². The van der Waals surface area contributed by atoms with Gasteiger partial charge in [0.25, 0.3) is 5.56 Å². The SMILES string of the molecule is O=C(Cn1cc(S(=O)N2CCCC2)ccc1=O)c1ccc(-c2ccc(C(F)(F)F)cc2)cc1. The first kappa shape index (κ1) is 23.1. The van der Waals surface area contributed by atoms with Crippen molar-refractivity contribution in [2.75, 3.05) is 13.1 Å². The number of alkyl halides is 3. The van der Waals surface area contributed by atoms with E-state index in [0.29, 0.717) is 21.6 Å². The van der Waals surface area contributed by atoms with Gasteiger partial charge in [-0.05, 0) is 42.2 Å². The lowest BCUT2D eigenvalue weighted by Crippen LogP contribution is -2.27. The monoisotopic (exact) mass is 474 g/mol. The van der Waals surface area contributed by atoms with Gasteiger partial charge in [-0.25, -0.2) is 8.51 Å². The van der Waals surface area contributed by atoms with E-state index in [-0.39, 0.29) is 17.9 Å². The third-order valence-electron chi connectivity index (χ3n) is 5.52. The van der Waals surface area contributed by atoms with Gasteiger partial charge < -0.3 is 4.57 Å². The van der Waals surface area contributed by atoms with Crippen molar-refractivity contribution in [3.63, 3.8) is 0 Å². The molecule has 0 aliphatic carbocycles. The molecule has 5 nitrogen and oxygen atoms in total. The number of Topliss-reactive ketones (excluding diaryl/α,β-unsaturated/α-hetero) is 1. The summed E-state index contributed by atoms with van der Waals surface area (Å²) in [6.45, 7) is 1.26. The van der Waals surface area contributed by atoms with Crippen molar-refractivity contribution in [3.05, 3.63) is 88.3 Å². The van der Waals surface area contributed by atoms with Crippen LogP contribution in [0.2, 0.25) is 0 Å². The molecule has 9 heteroatoms. The third kappa shape index (κ3) is 5.31. The molecule has 1 unspecified atom stereocenters. The number of ketones is 1. The second-order valence-corrected chi connectivity index (χ2v) is 9.28. The zero-order chi connectivity index (χ0) is 23.6. The van der Waals surface area contributed by atoms with Gasteiger partial charge in [-0.1, -0.05) is 36.4 Å². The van der Waals surface area contributed by atoms with Gasteiger partial charge in [0.15, 0.2) is 5.78 Å². The first-order valence-corrected chi connectivity index (χ1v) is 11.5. The molecule has 2 aromatic carbocycles. The standard InChI is InChI=1S/C24H21F3N2O3S/c25-24(26,27)20-9-7-18(8-10-20)17-3-5-19(6-4-17)22(30)16-28-15-21(11-12-23(28)31)33(32)29-13-1-2-14-29/h3-12,15H,1-2,13-14,16H2. The highest BCUT2D eigenvalue weighted by atomic mass is 32.2. The van der Waals surface area contributed by atoms with Crippen LogP contribution in [0, 0.1) is 0 Å². The third-order valence-corrected chi connectivity index (χ3v) is 7.00. The quantitative estimate of drug-likeness (QED) is 0.493. The number of carbonyl (C=O) groups is 1. The number of pyridine rings is 1. The van der Waals surface area contributed by atoms with Crippen molar-refractivity contribution in [2.24, 2.45) is 0 Å². The zero-order valence-electron chi connectivity index (χ0n) is 17.5. The smallest absolute Gasteiger partial charge is 0.306 e. The van der Waals surface area contributed by atoms with E-state index >= 15 is 0 Å². The van der Waals surface area contributed by atoms with Gasteiger partial charge in [-0.3, -0.25) is 9.59 Å². The molecule has 1 saturated heterocycles. The minimum atomic E-state index is -4.40. The summed E-state index contributed by atoms with van der Waals surface area (Å²) in [5.74, 6) is -0.305. The molecule has 1 aromatic heterocycles. The molecule has 0 radical (unpaired) electrons. The van der Waals surface area contributed by atoms with Crippen molar-refractivity contribution in [1.82, 2.24) is 8.87 Å². The molecular weight excluding hydrogens is 453 g/mol. The lowest BCUT2D eigenvalue weighted by Gasteiger charge is -2.14. The van der Waals surface area contributed by atoms with Crippen LogP contribution in [0.25, 0.3) is 11.1 Å². The van der Waals surface area contributed by atoms with Crippen LogP contribution in [0.1, 0.15) is 28.8 Å². The Labute approximate surface area is 191 Å². The average Bonchev–Trinajstić information content (AvgIpc) is 3.35. The molecule has 4 rings (SSSR count). The summed E-state index contributed by atoms with van der Waals surface area (Å²) < 4.78 is 54.0. The molecule has 1 aliphatic heterocycles. The number of halogens is 3. The van der Waals surface area contributed by atoms with Gasteiger partial charge in [-0.15, -0.1) is 0 Å². The predicted molar refractivity (Wildman–Crippen MR) is 119 cm³/mol. The lowest BCUT2D eigenvalue weighted by molar-refractivity contribution is -0.137. The van der Waals surface area contributed by atoms with E-state index in [4.69, 9.17) is 0 Å². The average molecular weight is 475 g/mol. The van der Waals surface area contributed by atoms with Crippen LogP contribution in [-0.2, 0) is 23.7 Å². The number of benzene rings is 2. The van der Waals surface area contributed by atoms with Crippen LogP contribution in [-0.4, -0.2) is 32.0 Å². The molecule has 0 spiro atoms. The Morgan fingerprint density at radius 2 is 1.45 bits per heavy atom. The highest BCUT2D eigenvalue weighted by molar-refractivity contribution is 7.82. The highest BCUT2D eigenvalue weighted by Gasteiger charge is 2.30. The van der Waals surface area contributed by atoms with Crippen molar-refractivity contribution in [3.8, 4) is 11.1 Å². The molecule has 2 heterocycles. The largest absolute Gasteiger partial charge is 0.416 e. The second-order valence-electron chi connectivity index (χ2n) is 7.79. The van der Waals surface area contributed by atoms with E-state index in [1.54, 1.807) is 24.3 Å². The Morgan fingerprint density at radius 3 is 2.03 bits per heavy atom. The fourth-order valence-electron chi connectivity index (χ4n) is 3.69. The number of aromatic nitrogens is 1. The minimum absolute atomic E-state index is 0.205. The maximum absolute atomic E-state index is 12.7. The van der Waals surface area contributed by atoms with Gasteiger partial charge in [0.1, 0.15) is 11.0 Å². The zero-order valence-corrected chi connectivity index (χ0v) is 18.4. The summed E-state index contributed by atoms with van der Waals surface area (Å²) in [6.07, 6.45) is -0.977. The number of nitrogens with zero attached hydrogens (tertiary/aromatic N) is 2. The first-order chi connectivity index (χ1) is 15.7. The van der Waals surface area contributed by atoms with Gasteiger partial charge in [0, 0.05) is 30.9 Å². The fraction of sp³-hybridized carbons (Fsp3) is 0.250. The van der Waals surface area contributed by atoms with E-state index < -0.39 is 22.7 Å². The minimum Gasteiger partial charge on any atom is -0.306 e. The van der Waals surface area contributed by atoms with Crippen LogP contribution in [0.3, 0.4) is 0 Å². The maximum Gasteiger partial charge on any atom is 0.416 e. The molecule has 1 fully saturated rings. The van der Waals surface area contributed by atoms with Crippen LogP contribution in [0.15, 0.2) is 76.6 Å². The van der Waals surface area contributed by atoms with Gasteiger partial charge in [0.05, 0.1) is 17.0 Å². The van der Waals surface area contributed by atoms with E-state index in [2.05, 4.69) is 0 Å². The van der Waals surface area contributed by atoms with Gasteiger partial charge in [0.2, 0.25) is 0 Å². The van der Waals surface area contributed by atoms with Crippen LogP contribution in [0.5, 0.6) is 0 Å². The van der Waals surface area contributed by atoms with Gasteiger partial charge in [-0.2, -0.15) is 13.2 Å². The number of rotatable bonds is 6. The summed E-state index contributed by atoms with van der Waals surface area (Å²) in [7, 11) is -1.38. The predicted octanol–water partition coefficient (Wildman–Crippen LogP) is 4.54. The molecule has 0 N–H and O–H groups in total. The molecule has 3 aromatic rings. The molecule has 0 saturated carbocycles. The summed E-state index contributed by atoms with van der Waals surface area (Å²) in [5, 5.41) is 0. The van der Waals surface area contributed by atoms with Crippen LogP contribution >= 0.6 is 0 Å². The van der Waals surface area contributed by atoms with E-state index in [1.807, 2.05) is 4.31 Å². The Bertz CT molecular complexity index is 1230. The van der Waals surface area contributed by atoms with Crippen LogP contribution < -0.4 is 5.56 Å². The fourth-order valence-corrected chi connectivity index (χ4v) is 4.98. The molecule has 0 bridgehead atoms. The van der Waals surface area contributed by atoms with Crippen molar-refractivity contribution < 1.29 is 22.2 Å². The Kier molecular flexibility index (Phi) is 6.62. The van der Waals surface area contributed by atoms with Crippen molar-refractivity contribution in [1.29, 1.82) is 0 Å². The molecule has 1 aliphatic rings. The maximum atomic E-state index is 12.7. The summed E-state index contributed by atoms with van der Waals surface area (Å²) in [5.41, 5.74) is 0.530. The highest BCUT2D eigenvalue weighted by Crippen LogP contribution is 2.31. The molecule has 1 atom stereocenters. The van der Waals surface area contributed by atoms with E-state index in [1.165, 1.54) is 35.0 Å². The number of carbonyl (C=O) groups excluding carboxylic acids is 1. The van der Waals surface area contributed by atoms with Crippen LogP contribution in [0.4, 0.5) is 13.2 Å². The molecule has 172 valence electrons. The normalized spacial score (nSPS) is 15.5. The van der Waals surface area contributed by atoms with E-state index in [0.717, 1.165) is 38.1 Å². The van der Waals surface area contributed by atoms with Crippen molar-refractivity contribution in [2.45, 2.75) is 30.5 Å². The topological polar surface area (TPSA) is 59.4 Å². The Balaban J connectivity index is 1.48. The van der Waals surface area contributed by atoms with Crippen molar-refractivity contribution >= 4 is 16.8 Å². The van der Waals surface area contributed by atoms with Gasteiger partial charge >= 0.3 is 6.18 Å². The number of hydrogen-bond acceptors (Lipinski definition) is 3. The molecular formula is C24H21F3N2O3S. The second kappa shape index (κ2) is 9.44. The summed E-state index contributed by atoms with van der Waals surface area (Å²) in [6, 6.07) is 14.1. The number of hydrogen-bond donors (Lipinski definition) is 0. The Morgan fingerprint density at radius 1 is 0.879 bits per heavy atom. The first-order valence-electron chi connectivity index (χ1n) is 10.4.